The lowest BCUT2D eigenvalue weighted by Gasteiger charge is -2.11. The van der Waals surface area contributed by atoms with Crippen LogP contribution in [0.3, 0.4) is 0 Å². The second-order valence-electron chi connectivity index (χ2n) is 4.76. The fourth-order valence-corrected chi connectivity index (χ4v) is 2.03. The minimum atomic E-state index is 0.307. The van der Waals surface area contributed by atoms with Crippen molar-refractivity contribution in [1.29, 1.82) is 0 Å². The summed E-state index contributed by atoms with van der Waals surface area (Å²) >= 11 is 0. The van der Waals surface area contributed by atoms with Gasteiger partial charge in [-0.05, 0) is 24.0 Å². The summed E-state index contributed by atoms with van der Waals surface area (Å²) in [6.45, 7) is 5.99. The zero-order valence-corrected chi connectivity index (χ0v) is 11.0. The van der Waals surface area contributed by atoms with E-state index < -0.39 is 0 Å². The molecule has 0 saturated heterocycles. The number of hydrogen-bond acceptors (Lipinski definition) is 1. The quantitative estimate of drug-likeness (QED) is 0.668. The van der Waals surface area contributed by atoms with Crippen molar-refractivity contribution in [2.24, 2.45) is 5.73 Å². The summed E-state index contributed by atoms with van der Waals surface area (Å²) < 4.78 is 0. The van der Waals surface area contributed by atoms with E-state index in [0.717, 1.165) is 12.8 Å². The smallest absolute Gasteiger partial charge is 0.00793 e. The highest BCUT2D eigenvalue weighted by Crippen LogP contribution is 2.11. The highest BCUT2D eigenvalue weighted by Gasteiger charge is 2.03. The Hall–Kier alpha value is -1.08. The van der Waals surface area contributed by atoms with Crippen LogP contribution in [0.5, 0.6) is 0 Å². The Bertz CT molecular complexity index is 313. The molecule has 0 fully saturated rings. The van der Waals surface area contributed by atoms with E-state index in [9.17, 15) is 0 Å². The first-order chi connectivity index (χ1) is 8.26. The maximum atomic E-state index is 6.14. The van der Waals surface area contributed by atoms with Gasteiger partial charge in [-0.3, -0.25) is 0 Å². The molecule has 0 spiro atoms. The Balaban J connectivity index is 2.29. The lowest BCUT2D eigenvalue weighted by Crippen LogP contribution is -2.22. The number of nitrogens with two attached hydrogens (primary N) is 1. The van der Waals surface area contributed by atoms with E-state index in [1.54, 1.807) is 0 Å². The van der Waals surface area contributed by atoms with Crippen molar-refractivity contribution in [1.82, 2.24) is 0 Å². The summed E-state index contributed by atoms with van der Waals surface area (Å²) in [5, 5.41) is 0. The lowest BCUT2D eigenvalue weighted by atomic mass is 10.00. The lowest BCUT2D eigenvalue weighted by molar-refractivity contribution is 0.546. The topological polar surface area (TPSA) is 26.0 Å². The van der Waals surface area contributed by atoms with Crippen molar-refractivity contribution >= 4 is 6.08 Å². The second kappa shape index (κ2) is 8.08. The standard InChI is InChI=1S/C16H25N/c1-3-5-6-7-8-16(17)13-15-11-9-14(4-2)10-12-15/h4,9-12,16H,2-3,5-8,13,17H2,1H3. The molecular formula is C16H25N. The number of hydrogen-bond donors (Lipinski definition) is 1. The molecule has 0 aliphatic carbocycles. The van der Waals surface area contributed by atoms with Crippen LogP contribution < -0.4 is 5.73 Å². The molecule has 2 N–H and O–H groups in total. The van der Waals surface area contributed by atoms with E-state index in [1.807, 2.05) is 6.08 Å². The van der Waals surface area contributed by atoms with Crippen LogP contribution in [0.15, 0.2) is 30.8 Å². The van der Waals surface area contributed by atoms with Gasteiger partial charge in [0.2, 0.25) is 0 Å². The van der Waals surface area contributed by atoms with Gasteiger partial charge in [0.25, 0.3) is 0 Å². The van der Waals surface area contributed by atoms with Crippen LogP contribution in [-0.4, -0.2) is 6.04 Å². The summed E-state index contributed by atoms with van der Waals surface area (Å²) in [7, 11) is 0. The Morgan fingerprint density at radius 3 is 2.47 bits per heavy atom. The van der Waals surface area contributed by atoms with Crippen molar-refractivity contribution < 1.29 is 0 Å². The number of benzene rings is 1. The molecule has 0 radical (unpaired) electrons. The van der Waals surface area contributed by atoms with E-state index in [-0.39, 0.29) is 0 Å². The molecule has 0 saturated carbocycles. The molecule has 0 bridgehead atoms. The van der Waals surface area contributed by atoms with Gasteiger partial charge in [0.1, 0.15) is 0 Å². The largest absolute Gasteiger partial charge is 0.327 e. The first-order valence-corrected chi connectivity index (χ1v) is 6.73. The zero-order chi connectivity index (χ0) is 12.5. The SMILES string of the molecule is C=Cc1ccc(CC(N)CCCCCC)cc1. The molecule has 1 unspecified atom stereocenters. The average molecular weight is 231 g/mol. The van der Waals surface area contributed by atoms with E-state index in [1.165, 1.54) is 36.8 Å². The molecule has 0 aromatic heterocycles. The van der Waals surface area contributed by atoms with Gasteiger partial charge in [-0.1, -0.05) is 69.5 Å². The summed E-state index contributed by atoms with van der Waals surface area (Å²) in [5.41, 5.74) is 8.64. The van der Waals surface area contributed by atoms with E-state index in [0.29, 0.717) is 6.04 Å². The Kier molecular flexibility index (Phi) is 6.64. The number of rotatable bonds is 8. The normalized spacial score (nSPS) is 12.4. The maximum Gasteiger partial charge on any atom is 0.00793 e. The second-order valence-corrected chi connectivity index (χ2v) is 4.76. The Morgan fingerprint density at radius 2 is 1.88 bits per heavy atom. The van der Waals surface area contributed by atoms with Gasteiger partial charge >= 0.3 is 0 Å². The van der Waals surface area contributed by atoms with E-state index in [2.05, 4.69) is 37.8 Å². The first kappa shape index (κ1) is 14.0. The zero-order valence-electron chi connectivity index (χ0n) is 11.0. The molecule has 1 nitrogen and oxygen atoms in total. The predicted molar refractivity (Wildman–Crippen MR) is 77.0 cm³/mol. The van der Waals surface area contributed by atoms with Crippen molar-refractivity contribution in [2.75, 3.05) is 0 Å². The fraction of sp³-hybridized carbons (Fsp3) is 0.500. The van der Waals surface area contributed by atoms with Crippen LogP contribution in [0.1, 0.15) is 50.2 Å². The summed E-state index contributed by atoms with van der Waals surface area (Å²) in [6.07, 6.45) is 9.21. The van der Waals surface area contributed by atoms with Crippen LogP contribution in [0, 0.1) is 0 Å². The van der Waals surface area contributed by atoms with E-state index in [4.69, 9.17) is 5.73 Å². The summed E-state index contributed by atoms with van der Waals surface area (Å²) in [6, 6.07) is 8.82. The molecular weight excluding hydrogens is 206 g/mol. The third-order valence-corrected chi connectivity index (χ3v) is 3.14. The average Bonchev–Trinajstić information content (AvgIpc) is 2.36. The fourth-order valence-electron chi connectivity index (χ4n) is 2.03. The summed E-state index contributed by atoms with van der Waals surface area (Å²) in [4.78, 5) is 0. The molecule has 0 aliphatic heterocycles. The minimum absolute atomic E-state index is 0.307. The highest BCUT2D eigenvalue weighted by atomic mass is 14.6. The van der Waals surface area contributed by atoms with Crippen LogP contribution in [0.25, 0.3) is 6.08 Å². The van der Waals surface area contributed by atoms with Gasteiger partial charge in [-0.2, -0.15) is 0 Å². The minimum Gasteiger partial charge on any atom is -0.327 e. The summed E-state index contributed by atoms with van der Waals surface area (Å²) in [5.74, 6) is 0. The molecule has 94 valence electrons. The van der Waals surface area contributed by atoms with Crippen molar-refractivity contribution in [3.8, 4) is 0 Å². The van der Waals surface area contributed by atoms with Gasteiger partial charge in [-0.15, -0.1) is 0 Å². The van der Waals surface area contributed by atoms with Crippen molar-refractivity contribution in [3.63, 3.8) is 0 Å². The van der Waals surface area contributed by atoms with Gasteiger partial charge in [0.15, 0.2) is 0 Å². The molecule has 0 amide bonds. The maximum absolute atomic E-state index is 6.14. The van der Waals surface area contributed by atoms with Crippen molar-refractivity contribution in [3.05, 3.63) is 42.0 Å². The van der Waals surface area contributed by atoms with Crippen LogP contribution >= 0.6 is 0 Å². The molecule has 17 heavy (non-hydrogen) atoms. The van der Waals surface area contributed by atoms with Crippen LogP contribution in [0.2, 0.25) is 0 Å². The molecule has 0 heterocycles. The molecule has 1 heteroatoms. The predicted octanol–water partition coefficient (Wildman–Crippen LogP) is 4.17. The van der Waals surface area contributed by atoms with Gasteiger partial charge in [0, 0.05) is 6.04 Å². The van der Waals surface area contributed by atoms with E-state index >= 15 is 0 Å². The molecule has 1 rings (SSSR count). The molecule has 1 aromatic carbocycles. The number of unbranched alkanes of at least 4 members (excludes halogenated alkanes) is 3. The van der Waals surface area contributed by atoms with Gasteiger partial charge in [-0.25, -0.2) is 0 Å². The molecule has 1 aromatic rings. The third kappa shape index (κ3) is 5.69. The van der Waals surface area contributed by atoms with Gasteiger partial charge < -0.3 is 5.73 Å². The Labute approximate surface area is 106 Å². The third-order valence-electron chi connectivity index (χ3n) is 3.14. The highest BCUT2D eigenvalue weighted by molar-refractivity contribution is 5.47. The van der Waals surface area contributed by atoms with Crippen LogP contribution in [0.4, 0.5) is 0 Å². The van der Waals surface area contributed by atoms with Crippen LogP contribution in [-0.2, 0) is 6.42 Å². The molecule has 0 aliphatic rings. The monoisotopic (exact) mass is 231 g/mol. The van der Waals surface area contributed by atoms with Crippen molar-refractivity contribution in [2.45, 2.75) is 51.5 Å². The molecule has 1 atom stereocenters. The first-order valence-electron chi connectivity index (χ1n) is 6.73. The van der Waals surface area contributed by atoms with Gasteiger partial charge in [0.05, 0.1) is 0 Å². The Morgan fingerprint density at radius 1 is 1.18 bits per heavy atom.